The monoisotopic (exact) mass is 435 g/mol. The van der Waals surface area contributed by atoms with Gasteiger partial charge >= 0.3 is 0 Å². The third-order valence-corrected chi connectivity index (χ3v) is 6.70. The van der Waals surface area contributed by atoms with Gasteiger partial charge in [0.05, 0.1) is 4.90 Å². The number of halogens is 1. The number of hydrogen-bond donors (Lipinski definition) is 1. The van der Waals surface area contributed by atoms with Crippen LogP contribution in [0.25, 0.3) is 0 Å². The molecule has 1 N–H and O–H groups in total. The van der Waals surface area contributed by atoms with Crippen molar-refractivity contribution in [1.82, 2.24) is 9.62 Å². The van der Waals surface area contributed by atoms with Crippen LogP contribution in [0, 0.1) is 5.82 Å². The summed E-state index contributed by atoms with van der Waals surface area (Å²) in [5.74, 6) is -0.579. The molecule has 8 heteroatoms. The van der Waals surface area contributed by atoms with Crippen molar-refractivity contribution in [2.45, 2.75) is 31.1 Å². The van der Waals surface area contributed by atoms with Gasteiger partial charge in [-0.05, 0) is 56.2 Å². The zero-order valence-electron chi connectivity index (χ0n) is 17.6. The quantitative estimate of drug-likeness (QED) is 0.520. The van der Waals surface area contributed by atoms with Gasteiger partial charge in [-0.1, -0.05) is 18.2 Å². The number of nitrogens with one attached hydrogen (secondary N) is 1. The lowest BCUT2D eigenvalue weighted by Gasteiger charge is -2.23. The maximum Gasteiger partial charge on any atom is 0.242 e. The van der Waals surface area contributed by atoms with E-state index in [9.17, 15) is 17.6 Å². The van der Waals surface area contributed by atoms with Gasteiger partial charge in [-0.25, -0.2) is 17.1 Å². The van der Waals surface area contributed by atoms with Gasteiger partial charge in [0.1, 0.15) is 5.82 Å². The van der Waals surface area contributed by atoms with Crippen LogP contribution in [0.5, 0.6) is 0 Å². The predicted octanol–water partition coefficient (Wildman–Crippen LogP) is 3.26. The molecule has 0 saturated heterocycles. The largest absolute Gasteiger partial charge is 0.372 e. The molecule has 1 amide bonds. The first-order valence-electron chi connectivity index (χ1n) is 10.1. The molecular formula is C22H30FN3O3S. The normalized spacial score (nSPS) is 11.5. The minimum atomic E-state index is -3.68. The second kappa shape index (κ2) is 11.7. The molecule has 0 aromatic heterocycles. The Labute approximate surface area is 178 Å². The van der Waals surface area contributed by atoms with Crippen molar-refractivity contribution in [2.75, 3.05) is 38.1 Å². The standard InChI is InChI=1S/C22H30FN3O3S/c1-3-26(20-9-5-4-6-10-20)18-8-16-24-22(27)11-7-17-25(2)30(28,29)21-14-12-19(23)13-15-21/h4-6,9-10,12-15H,3,7-8,11,16-18H2,1-2H3,(H,24,27). The van der Waals surface area contributed by atoms with E-state index in [0.29, 0.717) is 13.0 Å². The summed E-state index contributed by atoms with van der Waals surface area (Å²) >= 11 is 0. The summed E-state index contributed by atoms with van der Waals surface area (Å²) < 4.78 is 39.1. The lowest BCUT2D eigenvalue weighted by Crippen LogP contribution is -2.31. The molecule has 30 heavy (non-hydrogen) atoms. The molecule has 0 atom stereocenters. The van der Waals surface area contributed by atoms with Crippen LogP contribution in [-0.4, -0.2) is 51.9 Å². The highest BCUT2D eigenvalue weighted by Gasteiger charge is 2.20. The Kier molecular flexibility index (Phi) is 9.26. The van der Waals surface area contributed by atoms with Gasteiger partial charge in [-0.15, -0.1) is 0 Å². The molecule has 0 aliphatic heterocycles. The van der Waals surface area contributed by atoms with Crippen LogP contribution in [0.3, 0.4) is 0 Å². The summed E-state index contributed by atoms with van der Waals surface area (Å²) in [5, 5.41) is 2.89. The SMILES string of the molecule is CCN(CCCNC(=O)CCCN(C)S(=O)(=O)c1ccc(F)cc1)c1ccccc1. The van der Waals surface area contributed by atoms with Gasteiger partial charge < -0.3 is 10.2 Å². The molecule has 0 fully saturated rings. The number of benzene rings is 2. The van der Waals surface area contributed by atoms with E-state index >= 15 is 0 Å². The highest BCUT2D eigenvalue weighted by molar-refractivity contribution is 7.89. The Bertz CT molecular complexity index is 890. The molecule has 0 spiro atoms. The first-order valence-corrected chi connectivity index (χ1v) is 11.6. The Hall–Kier alpha value is -2.45. The fraction of sp³-hybridized carbons (Fsp3) is 0.409. The minimum Gasteiger partial charge on any atom is -0.372 e. The summed E-state index contributed by atoms with van der Waals surface area (Å²) in [6.07, 6.45) is 1.49. The number of para-hydroxylation sites is 1. The minimum absolute atomic E-state index is 0.0368. The van der Waals surface area contributed by atoms with Gasteiger partial charge in [0.2, 0.25) is 15.9 Å². The summed E-state index contributed by atoms with van der Waals surface area (Å²) in [6, 6.07) is 14.8. The molecule has 2 aromatic rings. The number of anilines is 1. The van der Waals surface area contributed by atoms with Crippen LogP contribution in [0.2, 0.25) is 0 Å². The Balaban J connectivity index is 1.67. The van der Waals surface area contributed by atoms with Gasteiger partial charge in [-0.3, -0.25) is 4.79 Å². The second-order valence-corrected chi connectivity index (χ2v) is 9.05. The molecule has 0 bridgehead atoms. The second-order valence-electron chi connectivity index (χ2n) is 7.00. The van der Waals surface area contributed by atoms with Crippen LogP contribution in [0.4, 0.5) is 10.1 Å². The van der Waals surface area contributed by atoms with Crippen molar-refractivity contribution >= 4 is 21.6 Å². The van der Waals surface area contributed by atoms with Crippen molar-refractivity contribution in [3.05, 3.63) is 60.4 Å². The zero-order chi connectivity index (χ0) is 22.0. The maximum atomic E-state index is 13.0. The van der Waals surface area contributed by atoms with Gasteiger partial charge in [0, 0.05) is 45.3 Å². The first kappa shape index (κ1) is 23.8. The smallest absolute Gasteiger partial charge is 0.242 e. The molecule has 6 nitrogen and oxygen atoms in total. The van der Waals surface area contributed by atoms with Gasteiger partial charge in [0.15, 0.2) is 0 Å². The molecule has 0 saturated carbocycles. The lowest BCUT2D eigenvalue weighted by atomic mass is 10.2. The molecular weight excluding hydrogens is 405 g/mol. The molecule has 164 valence electrons. The molecule has 0 aliphatic rings. The van der Waals surface area contributed by atoms with E-state index in [1.807, 2.05) is 18.2 Å². The number of hydrogen-bond acceptors (Lipinski definition) is 4. The number of carbonyl (C=O) groups excluding carboxylic acids is 1. The Morgan fingerprint density at radius 3 is 2.30 bits per heavy atom. The molecule has 0 radical (unpaired) electrons. The topological polar surface area (TPSA) is 69.7 Å². The fourth-order valence-electron chi connectivity index (χ4n) is 3.06. The lowest BCUT2D eigenvalue weighted by molar-refractivity contribution is -0.121. The number of rotatable bonds is 12. The number of nitrogens with zero attached hydrogens (tertiary/aromatic N) is 2. The van der Waals surface area contributed by atoms with Crippen molar-refractivity contribution in [3.8, 4) is 0 Å². The molecule has 0 heterocycles. The van der Waals surface area contributed by atoms with E-state index in [0.717, 1.165) is 37.3 Å². The average molecular weight is 436 g/mol. The van der Waals surface area contributed by atoms with Crippen LogP contribution < -0.4 is 10.2 Å². The van der Waals surface area contributed by atoms with Crippen molar-refractivity contribution in [3.63, 3.8) is 0 Å². The number of carbonyl (C=O) groups is 1. The van der Waals surface area contributed by atoms with Crippen LogP contribution in [0.1, 0.15) is 26.2 Å². The third kappa shape index (κ3) is 7.11. The maximum absolute atomic E-state index is 13.0. The van der Waals surface area contributed by atoms with E-state index in [-0.39, 0.29) is 23.8 Å². The van der Waals surface area contributed by atoms with Gasteiger partial charge in [-0.2, -0.15) is 0 Å². The molecule has 0 unspecified atom stereocenters. The summed E-state index contributed by atoms with van der Waals surface area (Å²) in [7, 11) is -2.23. The van der Waals surface area contributed by atoms with E-state index in [1.54, 1.807) is 0 Å². The van der Waals surface area contributed by atoms with Crippen LogP contribution in [0.15, 0.2) is 59.5 Å². The third-order valence-electron chi connectivity index (χ3n) is 4.83. The van der Waals surface area contributed by atoms with Crippen molar-refractivity contribution in [2.24, 2.45) is 0 Å². The van der Waals surface area contributed by atoms with E-state index in [4.69, 9.17) is 0 Å². The van der Waals surface area contributed by atoms with Crippen LogP contribution in [-0.2, 0) is 14.8 Å². The predicted molar refractivity (Wildman–Crippen MR) is 117 cm³/mol. The van der Waals surface area contributed by atoms with E-state index < -0.39 is 15.8 Å². The highest BCUT2D eigenvalue weighted by atomic mass is 32.2. The molecule has 2 aromatic carbocycles. The summed E-state index contributed by atoms with van der Waals surface area (Å²) in [4.78, 5) is 14.3. The van der Waals surface area contributed by atoms with E-state index in [2.05, 4.69) is 29.3 Å². The Morgan fingerprint density at radius 2 is 1.67 bits per heavy atom. The summed E-state index contributed by atoms with van der Waals surface area (Å²) in [6.45, 7) is 4.63. The Morgan fingerprint density at radius 1 is 1.00 bits per heavy atom. The van der Waals surface area contributed by atoms with Crippen molar-refractivity contribution < 1.29 is 17.6 Å². The zero-order valence-corrected chi connectivity index (χ0v) is 18.4. The molecule has 0 aliphatic carbocycles. The van der Waals surface area contributed by atoms with Crippen LogP contribution >= 0.6 is 0 Å². The van der Waals surface area contributed by atoms with Crippen molar-refractivity contribution in [1.29, 1.82) is 0 Å². The van der Waals surface area contributed by atoms with E-state index in [1.165, 1.54) is 23.5 Å². The molecule has 2 rings (SSSR count). The average Bonchev–Trinajstić information content (AvgIpc) is 2.74. The van der Waals surface area contributed by atoms with Gasteiger partial charge in [0.25, 0.3) is 0 Å². The highest BCUT2D eigenvalue weighted by Crippen LogP contribution is 2.15. The number of amides is 1. The number of sulfonamides is 1. The first-order chi connectivity index (χ1) is 14.3. The summed E-state index contributed by atoms with van der Waals surface area (Å²) in [5.41, 5.74) is 1.16. The fourth-order valence-corrected chi connectivity index (χ4v) is 4.27.